The summed E-state index contributed by atoms with van der Waals surface area (Å²) in [5, 5.41) is 15.3. The third-order valence-corrected chi connectivity index (χ3v) is 12.8. The van der Waals surface area contributed by atoms with Crippen LogP contribution in [0.5, 0.6) is 0 Å². The number of para-hydroxylation sites is 3. The van der Waals surface area contributed by atoms with Crippen molar-refractivity contribution in [1.29, 1.82) is 0 Å². The van der Waals surface area contributed by atoms with Crippen LogP contribution in [0.25, 0.3) is 124 Å². The highest BCUT2D eigenvalue weighted by atomic mass is 32.1. The van der Waals surface area contributed by atoms with Crippen LogP contribution in [0.15, 0.2) is 168 Å². The van der Waals surface area contributed by atoms with Gasteiger partial charge in [-0.1, -0.05) is 133 Å². The Hall–Kier alpha value is -7.08. The van der Waals surface area contributed by atoms with Crippen molar-refractivity contribution in [2.75, 3.05) is 0 Å². The molecular weight excluding hydrogens is 691 g/mol. The summed E-state index contributed by atoms with van der Waals surface area (Å²) in [6.07, 6.45) is 0. The second kappa shape index (κ2) is 10.8. The van der Waals surface area contributed by atoms with Crippen molar-refractivity contribution in [1.82, 2.24) is 14.5 Å². The number of hydrogen-bond acceptors (Lipinski definition) is 4. The molecule has 13 aromatic rings. The van der Waals surface area contributed by atoms with Crippen molar-refractivity contribution in [3.63, 3.8) is 0 Å². The van der Waals surface area contributed by atoms with Gasteiger partial charge in [0.1, 0.15) is 11.2 Å². The Bertz CT molecular complexity index is 3790. The smallest absolute Gasteiger partial charge is 0.235 e. The van der Waals surface area contributed by atoms with E-state index in [9.17, 15) is 0 Å². The summed E-state index contributed by atoms with van der Waals surface area (Å²) in [4.78, 5) is 11.1. The monoisotopic (exact) mass is 717 g/mol. The largest absolute Gasteiger partial charge is 0.455 e. The summed E-state index contributed by atoms with van der Waals surface area (Å²) in [6.45, 7) is 0. The Morgan fingerprint density at radius 3 is 2.05 bits per heavy atom. The molecule has 4 aromatic heterocycles. The Kier molecular flexibility index (Phi) is 5.74. The van der Waals surface area contributed by atoms with Gasteiger partial charge in [0.25, 0.3) is 0 Å². The molecule has 0 atom stereocenters. The maximum absolute atomic E-state index is 6.64. The number of aromatic nitrogens is 3. The van der Waals surface area contributed by atoms with E-state index >= 15 is 0 Å². The van der Waals surface area contributed by atoms with E-state index in [2.05, 4.69) is 156 Å². The first-order valence-corrected chi connectivity index (χ1v) is 19.4. The van der Waals surface area contributed by atoms with Crippen molar-refractivity contribution >= 4 is 118 Å². The maximum atomic E-state index is 6.64. The maximum Gasteiger partial charge on any atom is 0.235 e. The predicted octanol–water partition coefficient (Wildman–Crippen LogP) is 14.1. The van der Waals surface area contributed by atoms with Crippen LogP contribution in [-0.2, 0) is 0 Å². The number of rotatable bonds is 2. The van der Waals surface area contributed by atoms with Crippen LogP contribution >= 0.6 is 11.3 Å². The third kappa shape index (κ3) is 3.89. The SMILES string of the molecule is c1ccc2c(c1)ccc1c(-c3cccc4c3oc3ccccc34)nc(-n3c4ccccc4c4c5ccc6c7ccccc7sc6c5c5ccccc5c43)nc12. The average molecular weight is 718 g/mol. The van der Waals surface area contributed by atoms with E-state index in [-0.39, 0.29) is 0 Å². The number of thiophene rings is 1. The van der Waals surface area contributed by atoms with E-state index < -0.39 is 0 Å². The normalized spacial score (nSPS) is 12.4. The van der Waals surface area contributed by atoms with E-state index in [1.54, 1.807) is 0 Å². The van der Waals surface area contributed by atoms with Gasteiger partial charge in [-0.25, -0.2) is 9.97 Å². The highest BCUT2D eigenvalue weighted by Gasteiger charge is 2.24. The lowest BCUT2D eigenvalue weighted by Gasteiger charge is -2.15. The minimum Gasteiger partial charge on any atom is -0.455 e. The molecule has 0 fully saturated rings. The molecule has 5 heteroatoms. The predicted molar refractivity (Wildman–Crippen MR) is 232 cm³/mol. The summed E-state index contributed by atoms with van der Waals surface area (Å²) in [5.74, 6) is 0.630. The highest BCUT2D eigenvalue weighted by Crippen LogP contribution is 2.48. The molecule has 0 radical (unpaired) electrons. The highest BCUT2D eigenvalue weighted by molar-refractivity contribution is 7.26. The molecule has 13 rings (SSSR count). The van der Waals surface area contributed by atoms with Gasteiger partial charge in [0.05, 0.1) is 22.2 Å². The summed E-state index contributed by atoms with van der Waals surface area (Å²) < 4.78 is 11.6. The standard InChI is InChI=1S/C50H27N3OS/c1-2-13-29-28(12-1)24-25-38-45(29)51-50(52-46(38)39-20-11-19-34-30-14-6-9-22-41(30)54-48(34)39)53-40-21-8-5-18-36(40)43-37-27-26-35-31-15-7-10-23-42(31)55-49(35)44(37)32-16-3-4-17-33(32)47(43)53/h1-27H. The molecule has 0 saturated heterocycles. The van der Waals surface area contributed by atoms with E-state index in [4.69, 9.17) is 14.4 Å². The summed E-state index contributed by atoms with van der Waals surface area (Å²) >= 11 is 1.89. The minimum absolute atomic E-state index is 0.630. The Balaban J connectivity index is 1.23. The molecular formula is C50H27N3OS. The van der Waals surface area contributed by atoms with Gasteiger partial charge in [-0.15, -0.1) is 11.3 Å². The van der Waals surface area contributed by atoms with Crippen molar-refractivity contribution in [3.05, 3.63) is 164 Å². The number of fused-ring (bicyclic) bond motifs is 18. The zero-order chi connectivity index (χ0) is 35.8. The zero-order valence-corrected chi connectivity index (χ0v) is 30.1. The van der Waals surface area contributed by atoms with Gasteiger partial charge < -0.3 is 4.42 Å². The van der Waals surface area contributed by atoms with Gasteiger partial charge in [0, 0.05) is 68.8 Å². The molecule has 0 spiro atoms. The molecule has 0 aliphatic rings. The summed E-state index contributed by atoms with van der Waals surface area (Å²) in [5.41, 5.74) is 6.57. The molecule has 4 nitrogen and oxygen atoms in total. The van der Waals surface area contributed by atoms with Crippen LogP contribution in [0.4, 0.5) is 0 Å². The first kappa shape index (κ1) is 29.4. The van der Waals surface area contributed by atoms with Crippen molar-refractivity contribution in [3.8, 4) is 17.2 Å². The zero-order valence-electron chi connectivity index (χ0n) is 29.2. The molecule has 55 heavy (non-hydrogen) atoms. The van der Waals surface area contributed by atoms with Gasteiger partial charge in [-0.2, -0.15) is 0 Å². The van der Waals surface area contributed by atoms with Crippen LogP contribution in [0.2, 0.25) is 0 Å². The fourth-order valence-electron chi connectivity index (χ4n) is 9.24. The van der Waals surface area contributed by atoms with Crippen LogP contribution in [-0.4, -0.2) is 14.5 Å². The van der Waals surface area contributed by atoms with E-state index in [0.29, 0.717) is 5.95 Å². The molecule has 0 unspecified atom stereocenters. The second-order valence-corrected chi connectivity index (χ2v) is 15.5. The molecule has 0 aliphatic carbocycles. The average Bonchev–Trinajstić information content (AvgIpc) is 3.93. The van der Waals surface area contributed by atoms with E-state index in [1.165, 1.54) is 52.5 Å². The van der Waals surface area contributed by atoms with Gasteiger partial charge in [0.15, 0.2) is 0 Å². The number of benzene rings is 9. The molecule has 0 aliphatic heterocycles. The quantitative estimate of drug-likeness (QED) is 0.167. The Morgan fingerprint density at radius 1 is 0.455 bits per heavy atom. The topological polar surface area (TPSA) is 43.9 Å². The lowest BCUT2D eigenvalue weighted by atomic mass is 9.95. The van der Waals surface area contributed by atoms with Crippen LogP contribution in [0.3, 0.4) is 0 Å². The van der Waals surface area contributed by atoms with Gasteiger partial charge >= 0.3 is 0 Å². The molecule has 0 saturated carbocycles. The van der Waals surface area contributed by atoms with E-state index in [0.717, 1.165) is 65.9 Å². The molecule has 4 heterocycles. The first-order valence-electron chi connectivity index (χ1n) is 18.6. The fraction of sp³-hybridized carbons (Fsp3) is 0. The lowest BCUT2D eigenvalue weighted by Crippen LogP contribution is -2.04. The number of hydrogen-bond donors (Lipinski definition) is 0. The first-order chi connectivity index (χ1) is 27.3. The lowest BCUT2D eigenvalue weighted by molar-refractivity contribution is 0.670. The number of nitrogens with zero attached hydrogens (tertiary/aromatic N) is 3. The van der Waals surface area contributed by atoms with E-state index in [1.807, 2.05) is 23.5 Å². The Morgan fingerprint density at radius 2 is 1.15 bits per heavy atom. The number of furan rings is 1. The minimum atomic E-state index is 0.630. The van der Waals surface area contributed by atoms with Gasteiger partial charge in [-0.3, -0.25) is 4.57 Å². The van der Waals surface area contributed by atoms with Crippen LogP contribution in [0, 0.1) is 0 Å². The summed E-state index contributed by atoms with van der Waals surface area (Å²) in [6, 6.07) is 58.5. The molecule has 0 bridgehead atoms. The Labute approximate surface area is 317 Å². The molecule has 0 amide bonds. The van der Waals surface area contributed by atoms with Gasteiger partial charge in [0.2, 0.25) is 5.95 Å². The summed E-state index contributed by atoms with van der Waals surface area (Å²) in [7, 11) is 0. The molecule has 0 N–H and O–H groups in total. The molecule has 254 valence electrons. The third-order valence-electron chi connectivity index (χ3n) is 11.6. The van der Waals surface area contributed by atoms with Crippen LogP contribution in [0.1, 0.15) is 0 Å². The molecule has 9 aromatic carbocycles. The van der Waals surface area contributed by atoms with Crippen molar-refractivity contribution in [2.24, 2.45) is 0 Å². The second-order valence-electron chi connectivity index (χ2n) is 14.4. The van der Waals surface area contributed by atoms with Crippen LogP contribution < -0.4 is 0 Å². The van der Waals surface area contributed by atoms with Gasteiger partial charge in [-0.05, 0) is 46.5 Å². The van der Waals surface area contributed by atoms with Crippen molar-refractivity contribution < 1.29 is 4.42 Å². The van der Waals surface area contributed by atoms with Crippen molar-refractivity contribution in [2.45, 2.75) is 0 Å². The fourth-order valence-corrected chi connectivity index (χ4v) is 10.5.